The van der Waals surface area contributed by atoms with Gasteiger partial charge in [-0.2, -0.15) is 0 Å². The summed E-state index contributed by atoms with van der Waals surface area (Å²) in [6, 6.07) is 102. The fraction of sp³-hybridized carbons (Fsp3) is 0.0270. The maximum absolute atomic E-state index is 6.71. The molecule has 0 fully saturated rings. The predicted molar refractivity (Wildman–Crippen MR) is 316 cm³/mol. The van der Waals surface area contributed by atoms with Crippen LogP contribution >= 0.6 is 0 Å². The Bertz CT molecular complexity index is 4370. The monoisotopic (exact) mass is 994 g/mol. The third-order valence-electron chi connectivity index (χ3n) is 17.3. The Labute approximate surface area is 451 Å². The molecule has 2 aliphatic carbocycles. The van der Waals surface area contributed by atoms with Crippen LogP contribution in [0.4, 0.5) is 17.1 Å². The first-order valence-electron chi connectivity index (χ1n) is 26.9. The molecule has 13 aromatic rings. The van der Waals surface area contributed by atoms with Crippen molar-refractivity contribution in [3.8, 4) is 62.1 Å². The lowest BCUT2D eigenvalue weighted by Gasteiger charge is -2.39. The van der Waals surface area contributed by atoms with Crippen molar-refractivity contribution in [2.24, 2.45) is 0 Å². The highest BCUT2D eigenvalue weighted by atomic mass is 16.5. The Hall–Kier alpha value is -10.2. The van der Waals surface area contributed by atoms with E-state index in [1.165, 1.54) is 66.3 Å². The number of para-hydroxylation sites is 6. The zero-order valence-corrected chi connectivity index (χ0v) is 42.3. The van der Waals surface area contributed by atoms with Gasteiger partial charge in [-0.05, 0) is 141 Å². The molecular weight excluding hydrogens is 949 g/mol. The van der Waals surface area contributed by atoms with Crippen LogP contribution in [0.5, 0.6) is 23.0 Å². The third kappa shape index (κ3) is 5.73. The number of ether oxygens (including phenoxy) is 2. The molecule has 0 unspecified atom stereocenters. The number of benzene rings is 12. The molecule has 1 aromatic heterocycles. The molecule has 4 nitrogen and oxygen atoms in total. The Morgan fingerprint density at radius 1 is 0.269 bits per heavy atom. The minimum Gasteiger partial charge on any atom is -0.457 e. The smallest absolute Gasteiger partial charge is 0.132 e. The summed E-state index contributed by atoms with van der Waals surface area (Å²) in [6.45, 7) is 0. The first-order chi connectivity index (χ1) is 38.7. The van der Waals surface area contributed by atoms with Crippen molar-refractivity contribution >= 4 is 38.9 Å². The lowest BCUT2D eigenvalue weighted by molar-refractivity contribution is 0.436. The molecule has 12 aromatic carbocycles. The molecule has 0 N–H and O–H groups in total. The van der Waals surface area contributed by atoms with Crippen molar-refractivity contribution in [2.75, 3.05) is 4.90 Å². The molecule has 17 rings (SSSR count). The first kappa shape index (κ1) is 43.1. The Morgan fingerprint density at radius 2 is 0.692 bits per heavy atom. The van der Waals surface area contributed by atoms with Gasteiger partial charge < -0.3 is 18.9 Å². The molecule has 0 radical (unpaired) electrons. The van der Waals surface area contributed by atoms with Gasteiger partial charge in [0.2, 0.25) is 0 Å². The molecule has 4 aliphatic rings. The Balaban J connectivity index is 0.901. The van der Waals surface area contributed by atoms with Crippen molar-refractivity contribution in [3.63, 3.8) is 0 Å². The van der Waals surface area contributed by atoms with Gasteiger partial charge in [0.15, 0.2) is 0 Å². The van der Waals surface area contributed by atoms with E-state index in [-0.39, 0.29) is 0 Å². The molecular formula is C74H46N2O2. The third-order valence-corrected chi connectivity index (χ3v) is 17.3. The van der Waals surface area contributed by atoms with Crippen LogP contribution in [0.2, 0.25) is 0 Å². The summed E-state index contributed by atoms with van der Waals surface area (Å²) in [5.41, 5.74) is 22.3. The predicted octanol–water partition coefficient (Wildman–Crippen LogP) is 18.9. The van der Waals surface area contributed by atoms with Crippen molar-refractivity contribution in [1.29, 1.82) is 0 Å². The van der Waals surface area contributed by atoms with Crippen LogP contribution < -0.4 is 14.4 Å². The van der Waals surface area contributed by atoms with Crippen molar-refractivity contribution in [3.05, 3.63) is 324 Å². The quantitative estimate of drug-likeness (QED) is 0.172. The summed E-state index contributed by atoms with van der Waals surface area (Å²) in [5.74, 6) is 3.54. The van der Waals surface area contributed by atoms with E-state index in [1.54, 1.807) is 0 Å². The van der Waals surface area contributed by atoms with Crippen molar-refractivity contribution in [1.82, 2.24) is 4.57 Å². The molecule has 3 heterocycles. The van der Waals surface area contributed by atoms with E-state index >= 15 is 0 Å². The fourth-order valence-electron chi connectivity index (χ4n) is 14.2. The van der Waals surface area contributed by atoms with E-state index in [4.69, 9.17) is 9.47 Å². The number of hydrogen-bond acceptors (Lipinski definition) is 3. The first-order valence-corrected chi connectivity index (χ1v) is 26.9. The Kier molecular flexibility index (Phi) is 8.94. The van der Waals surface area contributed by atoms with Gasteiger partial charge in [0.05, 0.1) is 21.9 Å². The maximum atomic E-state index is 6.71. The Morgan fingerprint density at radius 3 is 1.24 bits per heavy atom. The second-order valence-corrected chi connectivity index (χ2v) is 21.0. The molecule has 2 spiro atoms. The zero-order valence-electron chi connectivity index (χ0n) is 42.3. The highest BCUT2D eigenvalue weighted by Crippen LogP contribution is 2.65. The summed E-state index contributed by atoms with van der Waals surface area (Å²) in [7, 11) is 0. The van der Waals surface area contributed by atoms with E-state index in [1.807, 2.05) is 0 Å². The SMILES string of the molecule is c1ccc(-n2c3ccccc3c3ccc(-c4cccc(N(c5ccc6c(c5)-c5ccccc5C65c6ccccc6Oc6ccccc65)c5ccc6c(c5)-c5ccccc5C65c6ccccc6Oc6ccccc65)c4)cc32)cc1. The number of nitrogens with zero attached hydrogens (tertiary/aromatic N) is 2. The van der Waals surface area contributed by atoms with Crippen molar-refractivity contribution in [2.45, 2.75) is 10.8 Å². The van der Waals surface area contributed by atoms with Crippen LogP contribution in [-0.2, 0) is 10.8 Å². The second-order valence-electron chi connectivity index (χ2n) is 21.0. The molecule has 2 aliphatic heterocycles. The number of rotatable bonds is 5. The molecule has 78 heavy (non-hydrogen) atoms. The van der Waals surface area contributed by atoms with E-state index in [0.29, 0.717) is 0 Å². The second kappa shape index (κ2) is 16.2. The van der Waals surface area contributed by atoms with Crippen LogP contribution in [0.3, 0.4) is 0 Å². The molecule has 0 amide bonds. The number of anilines is 3. The zero-order chi connectivity index (χ0) is 51.1. The van der Waals surface area contributed by atoms with Crippen LogP contribution in [0.1, 0.15) is 44.5 Å². The molecule has 4 heteroatoms. The van der Waals surface area contributed by atoms with E-state index < -0.39 is 10.8 Å². The van der Waals surface area contributed by atoms with E-state index in [9.17, 15) is 0 Å². The maximum Gasteiger partial charge on any atom is 0.132 e. The molecule has 0 saturated heterocycles. The molecule has 0 bridgehead atoms. The van der Waals surface area contributed by atoms with Crippen LogP contribution in [0, 0.1) is 0 Å². The lowest BCUT2D eigenvalue weighted by Crippen LogP contribution is -2.32. The summed E-state index contributed by atoms with van der Waals surface area (Å²) in [4.78, 5) is 2.47. The van der Waals surface area contributed by atoms with Gasteiger partial charge in [-0.1, -0.05) is 194 Å². The van der Waals surface area contributed by atoms with E-state index in [2.05, 4.69) is 289 Å². The molecule has 0 saturated carbocycles. The van der Waals surface area contributed by atoms with Gasteiger partial charge in [-0.15, -0.1) is 0 Å². The normalized spacial score (nSPS) is 14.1. The average Bonchev–Trinajstić information content (AvgIpc) is 4.16. The van der Waals surface area contributed by atoms with Crippen LogP contribution in [0.15, 0.2) is 279 Å². The summed E-state index contributed by atoms with van der Waals surface area (Å²) in [5, 5.41) is 2.47. The van der Waals surface area contributed by atoms with Crippen LogP contribution in [0.25, 0.3) is 60.9 Å². The van der Waals surface area contributed by atoms with Gasteiger partial charge in [0.1, 0.15) is 23.0 Å². The van der Waals surface area contributed by atoms with Gasteiger partial charge in [0.25, 0.3) is 0 Å². The van der Waals surface area contributed by atoms with Gasteiger partial charge in [-0.25, -0.2) is 0 Å². The van der Waals surface area contributed by atoms with Gasteiger partial charge >= 0.3 is 0 Å². The number of aromatic nitrogens is 1. The molecule has 0 atom stereocenters. The van der Waals surface area contributed by atoms with Gasteiger partial charge in [-0.3, -0.25) is 0 Å². The fourth-order valence-corrected chi connectivity index (χ4v) is 14.2. The number of hydrogen-bond donors (Lipinski definition) is 0. The molecule has 364 valence electrons. The minimum atomic E-state index is -0.580. The van der Waals surface area contributed by atoms with E-state index in [0.717, 1.165) is 79.1 Å². The minimum absolute atomic E-state index is 0.580. The lowest BCUT2D eigenvalue weighted by atomic mass is 9.66. The highest BCUT2D eigenvalue weighted by molar-refractivity contribution is 6.10. The average molecular weight is 995 g/mol. The highest BCUT2D eigenvalue weighted by Gasteiger charge is 2.53. The summed E-state index contributed by atoms with van der Waals surface area (Å²) >= 11 is 0. The largest absolute Gasteiger partial charge is 0.457 e. The van der Waals surface area contributed by atoms with Crippen molar-refractivity contribution < 1.29 is 9.47 Å². The number of fused-ring (bicyclic) bond motifs is 21. The van der Waals surface area contributed by atoms with Crippen LogP contribution in [-0.4, -0.2) is 4.57 Å². The van der Waals surface area contributed by atoms with Gasteiger partial charge in [0, 0.05) is 55.8 Å². The standard InChI is InChI=1S/C74H46N2O2/c1-2-20-49(21-3-1)76-67-32-13-6-25-55(67)56-40-37-48(44-68(56)76)47-19-18-22-50(43-47)75(51-38-41-61-57(45-51)53-23-4-7-26-59(53)73(61)63-28-9-14-33-69(63)77-70-34-15-10-29-64(70)73)52-39-42-62-58(46-52)54-24-5-8-27-60(54)74(62)65-30-11-16-35-71(65)78-72-36-17-12-31-66(72)74/h1-46H. The summed E-state index contributed by atoms with van der Waals surface area (Å²) < 4.78 is 15.8. The summed E-state index contributed by atoms with van der Waals surface area (Å²) in [6.07, 6.45) is 0. The topological polar surface area (TPSA) is 26.6 Å².